The lowest BCUT2D eigenvalue weighted by molar-refractivity contribution is -0.152. The van der Waals surface area contributed by atoms with Crippen molar-refractivity contribution in [3.63, 3.8) is 0 Å². The van der Waals surface area contributed by atoms with Crippen LogP contribution < -0.4 is 0 Å². The van der Waals surface area contributed by atoms with Crippen LogP contribution in [0.15, 0.2) is 54.6 Å². The Hall–Kier alpha value is -2.95. The number of hydrogen-bond acceptors (Lipinski definition) is 3. The van der Waals surface area contributed by atoms with Crippen LogP contribution in [0.4, 0.5) is 0 Å². The minimum atomic E-state index is -0.191. The highest BCUT2D eigenvalue weighted by molar-refractivity contribution is 6.06. The van der Waals surface area contributed by atoms with Crippen LogP contribution in [0, 0.1) is 11.8 Å². The molecule has 0 radical (unpaired) electrons. The minimum Gasteiger partial charge on any atom is -0.338 e. The molecule has 1 aliphatic carbocycles. The molecule has 5 heteroatoms. The van der Waals surface area contributed by atoms with Gasteiger partial charge in [0.15, 0.2) is 0 Å². The summed E-state index contributed by atoms with van der Waals surface area (Å²) in [5, 5.41) is 2.37. The number of carbonyl (C=O) groups is 3. The van der Waals surface area contributed by atoms with Gasteiger partial charge in [0.25, 0.3) is 0 Å². The SMILES string of the molecule is O=C(CCc1cccc2ccccc12)N1CC(N2C(=O)C3CC=CCC3C2=O)C1. The van der Waals surface area contributed by atoms with Gasteiger partial charge in [-0.25, -0.2) is 0 Å². The van der Waals surface area contributed by atoms with Gasteiger partial charge in [0.05, 0.1) is 17.9 Å². The number of aryl methyl sites for hydroxylation is 1. The number of benzene rings is 2. The first-order valence-corrected chi connectivity index (χ1v) is 10.4. The van der Waals surface area contributed by atoms with E-state index in [9.17, 15) is 14.4 Å². The van der Waals surface area contributed by atoms with Crippen LogP contribution >= 0.6 is 0 Å². The Morgan fingerprint density at radius 1 is 0.897 bits per heavy atom. The molecule has 2 aromatic rings. The van der Waals surface area contributed by atoms with Gasteiger partial charge in [0.1, 0.15) is 0 Å². The molecule has 2 fully saturated rings. The van der Waals surface area contributed by atoms with Gasteiger partial charge in [-0.3, -0.25) is 19.3 Å². The number of imide groups is 1. The molecule has 0 saturated carbocycles. The normalized spacial score (nSPS) is 24.1. The van der Waals surface area contributed by atoms with Crippen molar-refractivity contribution in [2.75, 3.05) is 13.1 Å². The predicted octanol–water partition coefficient (Wildman–Crippen LogP) is 2.93. The lowest BCUT2D eigenvalue weighted by Crippen LogP contribution is -2.62. The molecule has 2 heterocycles. The van der Waals surface area contributed by atoms with Crippen LogP contribution in [0.2, 0.25) is 0 Å². The molecule has 0 aromatic heterocycles. The summed E-state index contributed by atoms with van der Waals surface area (Å²) in [5.41, 5.74) is 1.18. The van der Waals surface area contributed by atoms with Crippen LogP contribution in [0.3, 0.4) is 0 Å². The van der Waals surface area contributed by atoms with Crippen molar-refractivity contribution >= 4 is 28.5 Å². The fourth-order valence-corrected chi connectivity index (χ4v) is 4.92. The maximum atomic E-state index is 12.7. The Kier molecular flexibility index (Phi) is 4.46. The Morgan fingerprint density at radius 3 is 2.28 bits per heavy atom. The largest absolute Gasteiger partial charge is 0.338 e. The second kappa shape index (κ2) is 7.14. The zero-order chi connectivity index (χ0) is 20.0. The van der Waals surface area contributed by atoms with E-state index in [4.69, 9.17) is 0 Å². The number of amides is 3. The summed E-state index contributed by atoms with van der Waals surface area (Å²) in [6, 6.07) is 14.2. The lowest BCUT2D eigenvalue weighted by Gasteiger charge is -2.43. The van der Waals surface area contributed by atoms with E-state index in [0.29, 0.717) is 38.8 Å². The number of hydrogen-bond donors (Lipinski definition) is 0. The maximum Gasteiger partial charge on any atom is 0.233 e. The van der Waals surface area contributed by atoms with Crippen LogP contribution in [0.5, 0.6) is 0 Å². The number of allylic oxidation sites excluding steroid dienone is 2. The van der Waals surface area contributed by atoms with Gasteiger partial charge in [0.2, 0.25) is 17.7 Å². The minimum absolute atomic E-state index is 0.0443. The Bertz CT molecular complexity index is 990. The van der Waals surface area contributed by atoms with Crippen LogP contribution in [-0.2, 0) is 20.8 Å². The lowest BCUT2D eigenvalue weighted by atomic mass is 9.85. The topological polar surface area (TPSA) is 57.7 Å². The van der Waals surface area contributed by atoms with Crippen molar-refractivity contribution in [1.29, 1.82) is 0 Å². The zero-order valence-corrected chi connectivity index (χ0v) is 16.3. The number of carbonyl (C=O) groups excluding carboxylic acids is 3. The van der Waals surface area contributed by atoms with Gasteiger partial charge >= 0.3 is 0 Å². The molecule has 0 N–H and O–H groups in total. The van der Waals surface area contributed by atoms with Crippen LogP contribution in [-0.4, -0.2) is 46.7 Å². The number of nitrogens with zero attached hydrogens (tertiary/aromatic N) is 2. The van der Waals surface area contributed by atoms with E-state index in [2.05, 4.69) is 24.3 Å². The first-order valence-electron chi connectivity index (χ1n) is 10.4. The molecule has 2 saturated heterocycles. The smallest absolute Gasteiger partial charge is 0.233 e. The molecule has 0 spiro atoms. The van der Waals surface area contributed by atoms with Gasteiger partial charge in [0, 0.05) is 19.5 Å². The average Bonchev–Trinajstić information content (AvgIpc) is 2.97. The van der Waals surface area contributed by atoms with E-state index in [1.165, 1.54) is 21.2 Å². The summed E-state index contributed by atoms with van der Waals surface area (Å²) in [4.78, 5) is 41.2. The molecule has 2 atom stereocenters. The van der Waals surface area contributed by atoms with Crippen molar-refractivity contribution in [1.82, 2.24) is 9.80 Å². The van der Waals surface area contributed by atoms with E-state index in [1.54, 1.807) is 4.90 Å². The van der Waals surface area contributed by atoms with Gasteiger partial charge in [-0.05, 0) is 35.6 Å². The molecule has 3 amide bonds. The molecular weight excluding hydrogens is 364 g/mol. The highest BCUT2D eigenvalue weighted by Gasteiger charge is 2.52. The summed E-state index contributed by atoms with van der Waals surface area (Å²) in [6.07, 6.45) is 6.45. The standard InChI is InChI=1S/C24H24N2O3/c27-22(13-12-17-8-5-7-16-6-1-2-9-19(16)17)25-14-18(15-25)26-23(28)20-10-3-4-11-21(20)24(26)29/h1-9,18,20-21H,10-15H2. The average molecular weight is 388 g/mol. The molecular formula is C24H24N2O3. The van der Waals surface area contributed by atoms with Crippen molar-refractivity contribution in [2.45, 2.75) is 31.7 Å². The number of rotatable bonds is 4. The fourth-order valence-electron chi connectivity index (χ4n) is 4.92. The van der Waals surface area contributed by atoms with E-state index >= 15 is 0 Å². The number of likely N-dealkylation sites (tertiary alicyclic amines) is 2. The monoisotopic (exact) mass is 388 g/mol. The summed E-state index contributed by atoms with van der Waals surface area (Å²) in [7, 11) is 0. The molecule has 2 unspecified atom stereocenters. The highest BCUT2D eigenvalue weighted by Crippen LogP contribution is 2.37. The van der Waals surface area contributed by atoms with Gasteiger partial charge in [-0.1, -0.05) is 54.6 Å². The van der Waals surface area contributed by atoms with Gasteiger partial charge in [-0.15, -0.1) is 0 Å². The quantitative estimate of drug-likeness (QED) is 0.598. The second-order valence-corrected chi connectivity index (χ2v) is 8.29. The van der Waals surface area contributed by atoms with Crippen molar-refractivity contribution in [3.05, 3.63) is 60.2 Å². The fraction of sp³-hybridized carbons (Fsp3) is 0.375. The van der Waals surface area contributed by atoms with Crippen molar-refractivity contribution < 1.29 is 14.4 Å². The van der Waals surface area contributed by atoms with E-state index in [-0.39, 0.29) is 35.6 Å². The van der Waals surface area contributed by atoms with E-state index < -0.39 is 0 Å². The molecule has 5 nitrogen and oxygen atoms in total. The molecule has 2 aromatic carbocycles. The third kappa shape index (κ3) is 3.05. The number of fused-ring (bicyclic) bond motifs is 2. The van der Waals surface area contributed by atoms with E-state index in [1.807, 2.05) is 30.4 Å². The summed E-state index contributed by atoms with van der Waals surface area (Å²) >= 11 is 0. The van der Waals surface area contributed by atoms with Gasteiger partial charge in [-0.2, -0.15) is 0 Å². The van der Waals surface area contributed by atoms with Crippen molar-refractivity contribution in [3.8, 4) is 0 Å². The first kappa shape index (κ1) is 18.1. The van der Waals surface area contributed by atoms with E-state index in [0.717, 1.165) is 0 Å². The molecule has 2 aliphatic heterocycles. The van der Waals surface area contributed by atoms with Crippen LogP contribution in [0.1, 0.15) is 24.8 Å². The third-order valence-electron chi connectivity index (χ3n) is 6.61. The predicted molar refractivity (Wildman–Crippen MR) is 110 cm³/mol. The Labute approximate surface area is 170 Å². The summed E-state index contributed by atoms with van der Waals surface area (Å²) in [5.74, 6) is -0.381. The highest BCUT2D eigenvalue weighted by atomic mass is 16.2. The molecule has 148 valence electrons. The maximum absolute atomic E-state index is 12.7. The van der Waals surface area contributed by atoms with Crippen molar-refractivity contribution in [2.24, 2.45) is 11.8 Å². The molecule has 29 heavy (non-hydrogen) atoms. The molecule has 5 rings (SSSR count). The molecule has 3 aliphatic rings. The molecule has 0 bridgehead atoms. The Morgan fingerprint density at radius 2 is 1.55 bits per heavy atom. The summed E-state index contributed by atoms with van der Waals surface area (Å²) in [6.45, 7) is 0.942. The first-order chi connectivity index (χ1) is 14.1. The van der Waals surface area contributed by atoms with Crippen LogP contribution in [0.25, 0.3) is 10.8 Å². The third-order valence-corrected chi connectivity index (χ3v) is 6.61. The van der Waals surface area contributed by atoms with Gasteiger partial charge < -0.3 is 4.90 Å². The Balaban J connectivity index is 1.19. The zero-order valence-electron chi connectivity index (χ0n) is 16.3. The summed E-state index contributed by atoms with van der Waals surface area (Å²) < 4.78 is 0. The second-order valence-electron chi connectivity index (χ2n) is 8.29.